The molecule has 4 rings (SSSR count). The lowest BCUT2D eigenvalue weighted by Crippen LogP contribution is -2.17. The topological polar surface area (TPSA) is 85.1 Å². The van der Waals surface area contributed by atoms with Gasteiger partial charge in [-0.05, 0) is 59.6 Å². The summed E-state index contributed by atoms with van der Waals surface area (Å²) >= 11 is 4.99. The molecular formula is C22H19BrFN3O3S2. The largest absolute Gasteiger partial charge is 0.384 e. The van der Waals surface area contributed by atoms with Crippen LogP contribution in [0.1, 0.15) is 19.5 Å². The van der Waals surface area contributed by atoms with Crippen molar-refractivity contribution in [2.75, 3.05) is 6.26 Å². The quantitative estimate of drug-likeness (QED) is 0.379. The minimum atomic E-state index is -3.33. The molecule has 0 saturated carbocycles. The molecule has 0 fully saturated rings. The molecule has 0 bridgehead atoms. The zero-order valence-electron chi connectivity index (χ0n) is 17.4. The maximum atomic E-state index is 13.9. The van der Waals surface area contributed by atoms with Gasteiger partial charge in [0.25, 0.3) is 0 Å². The molecule has 3 heterocycles. The molecule has 6 nitrogen and oxygen atoms in total. The Balaban J connectivity index is 1.88. The van der Waals surface area contributed by atoms with Crippen LogP contribution in [-0.4, -0.2) is 34.5 Å². The van der Waals surface area contributed by atoms with Crippen LogP contribution in [0.3, 0.4) is 0 Å². The molecule has 0 radical (unpaired) electrons. The summed E-state index contributed by atoms with van der Waals surface area (Å²) in [5, 5.41) is 15.1. The first-order valence-corrected chi connectivity index (χ1v) is 13.0. The molecule has 0 aliphatic rings. The van der Waals surface area contributed by atoms with Crippen LogP contribution in [-0.2, 0) is 15.4 Å². The first-order chi connectivity index (χ1) is 14.9. The maximum absolute atomic E-state index is 13.9. The van der Waals surface area contributed by atoms with E-state index >= 15 is 0 Å². The number of rotatable bonds is 5. The molecule has 0 aliphatic heterocycles. The Labute approximate surface area is 197 Å². The maximum Gasteiger partial charge on any atom is 0.175 e. The van der Waals surface area contributed by atoms with Crippen LogP contribution in [0.2, 0.25) is 0 Å². The van der Waals surface area contributed by atoms with E-state index in [1.54, 1.807) is 32.0 Å². The van der Waals surface area contributed by atoms with Crippen molar-refractivity contribution in [3.8, 4) is 26.7 Å². The number of benzene rings is 1. The minimum Gasteiger partial charge on any atom is -0.384 e. The zero-order chi connectivity index (χ0) is 23.3. The molecular weight excluding hydrogens is 517 g/mol. The molecule has 10 heteroatoms. The van der Waals surface area contributed by atoms with Crippen LogP contribution >= 0.6 is 27.3 Å². The Hall–Kier alpha value is -2.40. The van der Waals surface area contributed by atoms with E-state index < -0.39 is 21.3 Å². The lowest BCUT2D eigenvalue weighted by Gasteiger charge is -2.14. The number of aliphatic hydroxyl groups is 1. The third-order valence-corrected chi connectivity index (χ3v) is 7.73. The van der Waals surface area contributed by atoms with E-state index in [1.165, 1.54) is 34.5 Å². The molecule has 1 N–H and O–H groups in total. The number of hydrogen-bond donors (Lipinski definition) is 1. The summed E-state index contributed by atoms with van der Waals surface area (Å²) in [6, 6.07) is 11.8. The monoisotopic (exact) mass is 535 g/mol. The van der Waals surface area contributed by atoms with Crippen molar-refractivity contribution in [3.05, 3.63) is 70.8 Å². The van der Waals surface area contributed by atoms with E-state index in [-0.39, 0.29) is 4.90 Å². The first-order valence-electron chi connectivity index (χ1n) is 9.48. The first kappa shape index (κ1) is 22.8. The molecule has 0 atom stereocenters. The Morgan fingerprint density at radius 1 is 1.12 bits per heavy atom. The summed E-state index contributed by atoms with van der Waals surface area (Å²) in [5.74, 6) is -0.505. The van der Waals surface area contributed by atoms with Gasteiger partial charge in [0, 0.05) is 17.2 Å². The number of sulfone groups is 1. The van der Waals surface area contributed by atoms with E-state index in [0.29, 0.717) is 21.5 Å². The average molecular weight is 536 g/mol. The Kier molecular flexibility index (Phi) is 5.83. The Morgan fingerprint density at radius 3 is 2.50 bits per heavy atom. The van der Waals surface area contributed by atoms with Gasteiger partial charge in [0.1, 0.15) is 17.1 Å². The summed E-state index contributed by atoms with van der Waals surface area (Å²) < 4.78 is 39.9. The van der Waals surface area contributed by atoms with E-state index in [4.69, 9.17) is 0 Å². The molecule has 0 aliphatic carbocycles. The zero-order valence-corrected chi connectivity index (χ0v) is 20.6. The van der Waals surface area contributed by atoms with Gasteiger partial charge in [-0.1, -0.05) is 12.1 Å². The predicted octanol–water partition coefficient (Wildman–Crippen LogP) is 5.20. The number of hydrogen-bond acceptors (Lipinski definition) is 6. The van der Waals surface area contributed by atoms with E-state index in [2.05, 4.69) is 26.0 Å². The van der Waals surface area contributed by atoms with Gasteiger partial charge in [0.2, 0.25) is 0 Å². The van der Waals surface area contributed by atoms with Crippen LogP contribution in [0, 0.1) is 5.82 Å². The second-order valence-electron chi connectivity index (χ2n) is 7.81. The van der Waals surface area contributed by atoms with Gasteiger partial charge >= 0.3 is 0 Å². The fraction of sp³-hybridized carbons (Fsp3) is 0.182. The third-order valence-electron chi connectivity index (χ3n) is 4.73. The van der Waals surface area contributed by atoms with Crippen molar-refractivity contribution in [2.45, 2.75) is 24.3 Å². The molecule has 1 aromatic carbocycles. The third kappa shape index (κ3) is 4.40. The molecule has 0 spiro atoms. The van der Waals surface area contributed by atoms with Crippen molar-refractivity contribution in [1.29, 1.82) is 0 Å². The van der Waals surface area contributed by atoms with Gasteiger partial charge in [0.15, 0.2) is 9.84 Å². The van der Waals surface area contributed by atoms with Crippen molar-refractivity contribution in [3.63, 3.8) is 0 Å². The molecule has 0 saturated heterocycles. The fourth-order valence-electron chi connectivity index (χ4n) is 3.21. The lowest BCUT2D eigenvalue weighted by molar-refractivity contribution is 0.0727. The average Bonchev–Trinajstić information content (AvgIpc) is 3.31. The van der Waals surface area contributed by atoms with Crippen LogP contribution < -0.4 is 0 Å². The molecule has 0 amide bonds. The Bertz CT molecular complexity index is 1420. The predicted molar refractivity (Wildman–Crippen MR) is 126 cm³/mol. The lowest BCUT2D eigenvalue weighted by atomic mass is 10.1. The second-order valence-corrected chi connectivity index (χ2v) is 11.7. The van der Waals surface area contributed by atoms with Gasteiger partial charge in [-0.15, -0.1) is 11.3 Å². The van der Waals surface area contributed by atoms with Crippen LogP contribution in [0.25, 0.3) is 26.7 Å². The highest BCUT2D eigenvalue weighted by Crippen LogP contribution is 2.42. The number of thiophene rings is 1. The highest BCUT2D eigenvalue weighted by Gasteiger charge is 2.29. The summed E-state index contributed by atoms with van der Waals surface area (Å²) in [6.45, 7) is 3.24. The van der Waals surface area contributed by atoms with E-state index in [9.17, 15) is 17.9 Å². The summed E-state index contributed by atoms with van der Waals surface area (Å²) in [4.78, 5) is 5.81. The molecule has 3 aromatic heterocycles. The van der Waals surface area contributed by atoms with Crippen LogP contribution in [0.15, 0.2) is 64.2 Å². The standard InChI is InChI=1S/C22H19BrFN3O3S2/c1-22(2,28)21-19(23)20(27(26-21)15-10-14(24)11-25-12-15)18-8-7-17(31-18)13-5-4-6-16(9-13)32(3,29)30/h4-12,28H,1-3H3. The van der Waals surface area contributed by atoms with Crippen molar-refractivity contribution < 1.29 is 17.9 Å². The van der Waals surface area contributed by atoms with Crippen LogP contribution in [0.4, 0.5) is 4.39 Å². The molecule has 32 heavy (non-hydrogen) atoms. The van der Waals surface area contributed by atoms with Gasteiger partial charge in [-0.3, -0.25) is 4.98 Å². The van der Waals surface area contributed by atoms with Gasteiger partial charge in [0.05, 0.1) is 38.0 Å². The highest BCUT2D eigenvalue weighted by molar-refractivity contribution is 9.10. The van der Waals surface area contributed by atoms with E-state index in [1.807, 2.05) is 18.2 Å². The summed E-state index contributed by atoms with van der Waals surface area (Å²) in [5.41, 5.74) is 0.950. The fourth-order valence-corrected chi connectivity index (χ4v) is 5.99. The molecule has 0 unspecified atom stereocenters. The Morgan fingerprint density at radius 2 is 1.84 bits per heavy atom. The minimum absolute atomic E-state index is 0.242. The summed E-state index contributed by atoms with van der Waals surface area (Å²) in [6.07, 6.45) is 3.77. The normalized spacial score (nSPS) is 12.3. The van der Waals surface area contributed by atoms with Gasteiger partial charge in [-0.2, -0.15) is 5.10 Å². The van der Waals surface area contributed by atoms with Crippen LogP contribution in [0.5, 0.6) is 0 Å². The van der Waals surface area contributed by atoms with Crippen molar-refractivity contribution in [2.24, 2.45) is 0 Å². The number of halogens is 2. The van der Waals surface area contributed by atoms with Gasteiger partial charge in [-0.25, -0.2) is 17.5 Å². The molecule has 166 valence electrons. The van der Waals surface area contributed by atoms with Crippen molar-refractivity contribution >= 4 is 37.1 Å². The highest BCUT2D eigenvalue weighted by atomic mass is 79.9. The van der Waals surface area contributed by atoms with Crippen molar-refractivity contribution in [1.82, 2.24) is 14.8 Å². The number of pyridine rings is 1. The van der Waals surface area contributed by atoms with E-state index in [0.717, 1.165) is 21.5 Å². The SMILES string of the molecule is CC(C)(O)c1nn(-c2cncc(F)c2)c(-c2ccc(-c3cccc(S(C)(=O)=O)c3)s2)c1Br. The summed E-state index contributed by atoms with van der Waals surface area (Å²) in [7, 11) is -3.33. The van der Waals surface area contributed by atoms with Gasteiger partial charge < -0.3 is 5.11 Å². The second kappa shape index (κ2) is 8.18. The number of nitrogens with zero attached hydrogens (tertiary/aromatic N) is 3. The molecule has 4 aromatic rings. The number of aromatic nitrogens is 3. The smallest absolute Gasteiger partial charge is 0.175 e.